The first-order valence-corrected chi connectivity index (χ1v) is 8.07. The Hall–Kier alpha value is -1.23. The molecule has 0 amide bonds. The zero-order valence-corrected chi connectivity index (χ0v) is 15.6. The zero-order valence-electron chi connectivity index (χ0n) is 14.1. The number of halogens is 2. The highest BCUT2D eigenvalue weighted by Crippen LogP contribution is 2.36. The fourth-order valence-corrected chi connectivity index (χ4v) is 3.78. The van der Waals surface area contributed by atoms with Gasteiger partial charge in [0.1, 0.15) is 5.82 Å². The number of fused-ring (bicyclic) bond motifs is 1. The molecule has 1 heterocycles. The van der Waals surface area contributed by atoms with Crippen LogP contribution in [0.2, 0.25) is 5.02 Å². The van der Waals surface area contributed by atoms with Crippen LogP contribution in [0.4, 0.5) is 5.82 Å². The van der Waals surface area contributed by atoms with Gasteiger partial charge in [-0.05, 0) is 37.0 Å². The van der Waals surface area contributed by atoms with Crippen molar-refractivity contribution in [3.8, 4) is 0 Å². The Morgan fingerprint density at radius 3 is 2.83 bits per heavy atom. The lowest BCUT2D eigenvalue weighted by atomic mass is 10.1. The number of hydrogen-bond donors (Lipinski definition) is 1. The van der Waals surface area contributed by atoms with Crippen molar-refractivity contribution in [2.75, 3.05) is 19.0 Å². The van der Waals surface area contributed by atoms with E-state index in [0.717, 1.165) is 35.9 Å². The Kier molecular flexibility index (Phi) is 5.61. The van der Waals surface area contributed by atoms with Crippen LogP contribution >= 0.6 is 24.0 Å². The van der Waals surface area contributed by atoms with Gasteiger partial charge in [-0.25, -0.2) is 0 Å². The summed E-state index contributed by atoms with van der Waals surface area (Å²) in [5.74, 6) is 1.16. The first kappa shape index (κ1) is 18.1. The Labute approximate surface area is 149 Å². The largest absolute Gasteiger partial charge is 0.363 e. The standard InChI is InChI=1S/C17H23ClN4.ClH/c1-11-14(17(21(2)3)22(4)20-11)10-19-16-9-8-12-13(16)6-5-7-15(12)18;/h5-7,16,19H,8-10H2,1-4H3;1H. The van der Waals surface area contributed by atoms with E-state index in [9.17, 15) is 0 Å². The molecule has 0 aliphatic heterocycles. The zero-order chi connectivity index (χ0) is 15.9. The van der Waals surface area contributed by atoms with Gasteiger partial charge in [0.25, 0.3) is 0 Å². The molecule has 1 aliphatic rings. The Bertz CT molecular complexity index is 694. The van der Waals surface area contributed by atoms with Gasteiger partial charge in [-0.3, -0.25) is 4.68 Å². The van der Waals surface area contributed by atoms with Crippen LogP contribution in [0.3, 0.4) is 0 Å². The van der Waals surface area contributed by atoms with Crippen LogP contribution in [0.25, 0.3) is 0 Å². The van der Waals surface area contributed by atoms with Gasteiger partial charge in [0, 0.05) is 44.3 Å². The van der Waals surface area contributed by atoms with Crippen molar-refractivity contribution in [3.05, 3.63) is 45.6 Å². The second-order valence-electron chi connectivity index (χ2n) is 6.19. The molecule has 3 rings (SSSR count). The highest BCUT2D eigenvalue weighted by atomic mass is 35.5. The fourth-order valence-electron chi connectivity index (χ4n) is 3.50. The predicted molar refractivity (Wildman–Crippen MR) is 98.9 cm³/mol. The molecule has 1 atom stereocenters. The lowest BCUT2D eigenvalue weighted by molar-refractivity contribution is 0.529. The molecule has 23 heavy (non-hydrogen) atoms. The van der Waals surface area contributed by atoms with Gasteiger partial charge in [0.2, 0.25) is 0 Å². The van der Waals surface area contributed by atoms with Gasteiger partial charge in [0.15, 0.2) is 0 Å². The summed E-state index contributed by atoms with van der Waals surface area (Å²) in [4.78, 5) is 2.12. The third kappa shape index (κ3) is 3.35. The maximum atomic E-state index is 6.30. The number of benzene rings is 1. The van der Waals surface area contributed by atoms with Crippen LogP contribution < -0.4 is 10.2 Å². The van der Waals surface area contributed by atoms with Crippen molar-refractivity contribution in [1.82, 2.24) is 15.1 Å². The molecule has 0 radical (unpaired) electrons. The number of nitrogens with one attached hydrogen (secondary N) is 1. The maximum Gasteiger partial charge on any atom is 0.130 e. The molecular formula is C17H24Cl2N4. The lowest BCUT2D eigenvalue weighted by Gasteiger charge is -2.18. The quantitative estimate of drug-likeness (QED) is 0.909. The van der Waals surface area contributed by atoms with E-state index < -0.39 is 0 Å². The average molecular weight is 355 g/mol. The van der Waals surface area contributed by atoms with Crippen LogP contribution in [-0.2, 0) is 20.0 Å². The maximum absolute atomic E-state index is 6.30. The van der Waals surface area contributed by atoms with E-state index >= 15 is 0 Å². The van der Waals surface area contributed by atoms with Crippen molar-refractivity contribution in [2.24, 2.45) is 7.05 Å². The van der Waals surface area contributed by atoms with E-state index in [2.05, 4.69) is 42.4 Å². The number of rotatable bonds is 4. The second kappa shape index (κ2) is 7.12. The van der Waals surface area contributed by atoms with Crippen molar-refractivity contribution in [3.63, 3.8) is 0 Å². The lowest BCUT2D eigenvalue weighted by Crippen LogP contribution is -2.21. The SMILES string of the molecule is Cc1nn(C)c(N(C)C)c1CNC1CCc2c(Cl)cccc21.Cl. The number of anilines is 1. The molecular weight excluding hydrogens is 331 g/mol. The first-order chi connectivity index (χ1) is 10.5. The van der Waals surface area contributed by atoms with Gasteiger partial charge < -0.3 is 10.2 Å². The van der Waals surface area contributed by atoms with Gasteiger partial charge in [0.05, 0.1) is 5.69 Å². The minimum atomic E-state index is 0. The van der Waals surface area contributed by atoms with Crippen LogP contribution in [0, 0.1) is 6.92 Å². The van der Waals surface area contributed by atoms with Crippen LogP contribution in [0.5, 0.6) is 0 Å². The summed E-state index contributed by atoms with van der Waals surface area (Å²) in [6.45, 7) is 2.90. The van der Waals surface area contributed by atoms with Gasteiger partial charge >= 0.3 is 0 Å². The van der Waals surface area contributed by atoms with Crippen LogP contribution in [-0.4, -0.2) is 23.9 Å². The van der Waals surface area contributed by atoms with E-state index in [1.807, 2.05) is 23.9 Å². The number of hydrogen-bond acceptors (Lipinski definition) is 3. The van der Waals surface area contributed by atoms with E-state index in [1.54, 1.807) is 0 Å². The summed E-state index contributed by atoms with van der Waals surface area (Å²) in [5.41, 5.74) is 5.00. The second-order valence-corrected chi connectivity index (χ2v) is 6.59. The molecule has 6 heteroatoms. The Morgan fingerprint density at radius 2 is 2.13 bits per heavy atom. The Balaban J connectivity index is 0.00000192. The summed E-state index contributed by atoms with van der Waals surface area (Å²) in [5, 5.41) is 9.14. The van der Waals surface area contributed by atoms with Crippen LogP contribution in [0.15, 0.2) is 18.2 Å². The summed E-state index contributed by atoms with van der Waals surface area (Å²) in [6.07, 6.45) is 2.16. The smallest absolute Gasteiger partial charge is 0.130 e. The minimum Gasteiger partial charge on any atom is -0.363 e. The number of nitrogens with zero attached hydrogens (tertiary/aromatic N) is 3. The Morgan fingerprint density at radius 1 is 1.39 bits per heavy atom. The highest BCUT2D eigenvalue weighted by molar-refractivity contribution is 6.31. The third-order valence-electron chi connectivity index (χ3n) is 4.48. The molecule has 0 bridgehead atoms. The van der Waals surface area contributed by atoms with Crippen molar-refractivity contribution in [1.29, 1.82) is 0 Å². The van der Waals surface area contributed by atoms with Gasteiger partial charge in [-0.1, -0.05) is 23.7 Å². The van der Waals surface area contributed by atoms with E-state index in [0.29, 0.717) is 6.04 Å². The molecule has 1 aliphatic carbocycles. The van der Waals surface area contributed by atoms with E-state index in [-0.39, 0.29) is 12.4 Å². The first-order valence-electron chi connectivity index (χ1n) is 7.69. The number of aromatic nitrogens is 2. The molecule has 1 unspecified atom stereocenters. The van der Waals surface area contributed by atoms with Crippen LogP contribution in [0.1, 0.15) is 34.8 Å². The molecule has 0 saturated carbocycles. The molecule has 1 aromatic carbocycles. The van der Waals surface area contributed by atoms with Crippen molar-refractivity contribution >= 4 is 29.8 Å². The summed E-state index contributed by atoms with van der Waals surface area (Å²) < 4.78 is 1.95. The summed E-state index contributed by atoms with van der Waals surface area (Å²) >= 11 is 6.30. The van der Waals surface area contributed by atoms with E-state index in [4.69, 9.17) is 11.6 Å². The normalized spacial score (nSPS) is 16.1. The monoisotopic (exact) mass is 354 g/mol. The average Bonchev–Trinajstić information content (AvgIpc) is 2.98. The molecule has 4 nitrogen and oxygen atoms in total. The van der Waals surface area contributed by atoms with Crippen molar-refractivity contribution < 1.29 is 0 Å². The third-order valence-corrected chi connectivity index (χ3v) is 4.83. The fraction of sp³-hybridized carbons (Fsp3) is 0.471. The molecule has 2 aromatic rings. The summed E-state index contributed by atoms with van der Waals surface area (Å²) in [7, 11) is 6.12. The minimum absolute atomic E-state index is 0. The molecule has 1 aromatic heterocycles. The molecule has 126 valence electrons. The molecule has 1 N–H and O–H groups in total. The molecule has 0 saturated heterocycles. The topological polar surface area (TPSA) is 33.1 Å². The van der Waals surface area contributed by atoms with Crippen molar-refractivity contribution in [2.45, 2.75) is 32.4 Å². The predicted octanol–water partition coefficient (Wildman–Crippen LogP) is 3.65. The molecule has 0 spiro atoms. The van der Waals surface area contributed by atoms with Gasteiger partial charge in [-0.15, -0.1) is 12.4 Å². The number of aryl methyl sites for hydroxylation is 2. The van der Waals surface area contributed by atoms with E-state index in [1.165, 1.54) is 16.7 Å². The molecule has 0 fully saturated rings. The summed E-state index contributed by atoms with van der Waals surface area (Å²) in [6, 6.07) is 6.60. The highest BCUT2D eigenvalue weighted by Gasteiger charge is 2.24. The van der Waals surface area contributed by atoms with Gasteiger partial charge in [-0.2, -0.15) is 5.10 Å².